The molecule has 6 heteroatoms. The Hall–Kier alpha value is -1.69. The van der Waals surface area contributed by atoms with Crippen LogP contribution in [0, 0.1) is 0 Å². The number of thiophene rings is 1. The second-order valence-corrected chi connectivity index (χ2v) is 6.51. The van der Waals surface area contributed by atoms with Crippen LogP contribution in [-0.4, -0.2) is 39.1 Å². The molecule has 112 valence electrons. The van der Waals surface area contributed by atoms with Crippen LogP contribution in [0.3, 0.4) is 0 Å². The Morgan fingerprint density at radius 2 is 2.48 bits per heavy atom. The lowest BCUT2D eigenvalue weighted by Gasteiger charge is -2.31. The van der Waals surface area contributed by atoms with Crippen LogP contribution in [0.5, 0.6) is 0 Å². The van der Waals surface area contributed by atoms with Crippen molar-refractivity contribution in [2.75, 3.05) is 13.1 Å². The lowest BCUT2D eigenvalue weighted by Crippen LogP contribution is -2.39. The number of H-pyrrole nitrogens is 1. The van der Waals surface area contributed by atoms with Gasteiger partial charge in [0, 0.05) is 30.3 Å². The summed E-state index contributed by atoms with van der Waals surface area (Å²) < 4.78 is 0. The van der Waals surface area contributed by atoms with Crippen molar-refractivity contribution in [1.29, 1.82) is 0 Å². The summed E-state index contributed by atoms with van der Waals surface area (Å²) >= 11 is 1.76. The van der Waals surface area contributed by atoms with Crippen LogP contribution in [0.4, 0.5) is 0 Å². The lowest BCUT2D eigenvalue weighted by molar-refractivity contribution is -0.132. The predicted octanol–water partition coefficient (Wildman–Crippen LogP) is 2.60. The minimum Gasteiger partial charge on any atom is -0.342 e. The van der Waals surface area contributed by atoms with E-state index in [4.69, 9.17) is 0 Å². The first-order chi connectivity index (χ1) is 10.3. The van der Waals surface area contributed by atoms with E-state index in [-0.39, 0.29) is 5.91 Å². The number of rotatable bonds is 5. The van der Waals surface area contributed by atoms with Gasteiger partial charge in [-0.05, 0) is 37.1 Å². The summed E-state index contributed by atoms with van der Waals surface area (Å²) in [5.74, 6) is 1.49. The fourth-order valence-electron chi connectivity index (χ4n) is 2.87. The molecule has 1 N–H and O–H groups in total. The molecular weight excluding hydrogens is 284 g/mol. The van der Waals surface area contributed by atoms with E-state index in [9.17, 15) is 4.79 Å². The van der Waals surface area contributed by atoms with Gasteiger partial charge in [-0.2, -0.15) is 5.10 Å². The Balaban J connectivity index is 1.48. The molecule has 1 aliphatic heterocycles. The summed E-state index contributed by atoms with van der Waals surface area (Å²) in [6, 6.07) is 4.20. The molecule has 3 rings (SSSR count). The number of amides is 1. The summed E-state index contributed by atoms with van der Waals surface area (Å²) in [6.45, 7) is 1.65. The number of carbonyl (C=O) groups is 1. The zero-order valence-electron chi connectivity index (χ0n) is 12.0. The van der Waals surface area contributed by atoms with Crippen LogP contribution in [0.25, 0.3) is 0 Å². The maximum atomic E-state index is 12.3. The van der Waals surface area contributed by atoms with Crippen LogP contribution in [-0.2, 0) is 11.2 Å². The van der Waals surface area contributed by atoms with E-state index in [1.165, 1.54) is 11.2 Å². The number of hydrogen-bond donors (Lipinski definition) is 1. The van der Waals surface area contributed by atoms with Gasteiger partial charge in [-0.3, -0.25) is 9.89 Å². The minimum atomic E-state index is 0.274. The summed E-state index contributed by atoms with van der Waals surface area (Å²) in [5, 5.41) is 8.92. The van der Waals surface area contributed by atoms with Gasteiger partial charge in [-0.15, -0.1) is 11.3 Å². The van der Waals surface area contributed by atoms with E-state index in [1.54, 1.807) is 11.3 Å². The second kappa shape index (κ2) is 6.85. The number of aromatic amines is 1. The van der Waals surface area contributed by atoms with Crippen LogP contribution >= 0.6 is 11.3 Å². The molecule has 1 saturated heterocycles. The molecule has 21 heavy (non-hydrogen) atoms. The summed E-state index contributed by atoms with van der Waals surface area (Å²) in [6.07, 6.45) is 6.24. The Labute approximate surface area is 128 Å². The first-order valence-corrected chi connectivity index (χ1v) is 8.36. The maximum Gasteiger partial charge on any atom is 0.222 e. The van der Waals surface area contributed by atoms with Crippen LogP contribution in [0.2, 0.25) is 0 Å². The number of likely N-dealkylation sites (tertiary alicyclic amines) is 1. The molecule has 1 fully saturated rings. The van der Waals surface area contributed by atoms with Gasteiger partial charge in [0.2, 0.25) is 5.91 Å². The predicted molar refractivity (Wildman–Crippen MR) is 82.2 cm³/mol. The number of piperidine rings is 1. The molecule has 1 unspecified atom stereocenters. The molecule has 0 bridgehead atoms. The zero-order chi connectivity index (χ0) is 14.5. The van der Waals surface area contributed by atoms with Gasteiger partial charge in [0.05, 0.1) is 0 Å². The normalized spacial score (nSPS) is 18.9. The van der Waals surface area contributed by atoms with Crippen LogP contribution in [0.1, 0.15) is 42.3 Å². The smallest absolute Gasteiger partial charge is 0.222 e. The fourth-order valence-corrected chi connectivity index (χ4v) is 3.62. The highest BCUT2D eigenvalue weighted by molar-refractivity contribution is 7.09. The molecule has 2 aromatic rings. The van der Waals surface area contributed by atoms with E-state index < -0.39 is 0 Å². The van der Waals surface area contributed by atoms with Gasteiger partial charge in [-0.25, -0.2) is 4.98 Å². The van der Waals surface area contributed by atoms with Gasteiger partial charge in [0.25, 0.3) is 0 Å². The number of aryl methyl sites for hydroxylation is 1. The molecule has 0 saturated carbocycles. The lowest BCUT2D eigenvalue weighted by atomic mass is 9.97. The molecule has 3 heterocycles. The van der Waals surface area contributed by atoms with Crippen molar-refractivity contribution in [2.45, 2.75) is 38.0 Å². The number of carbonyl (C=O) groups excluding carboxylic acids is 1. The van der Waals surface area contributed by atoms with E-state index in [1.807, 2.05) is 4.90 Å². The highest BCUT2D eigenvalue weighted by Gasteiger charge is 2.25. The number of hydrogen-bond acceptors (Lipinski definition) is 4. The second-order valence-electron chi connectivity index (χ2n) is 5.48. The molecule has 1 aliphatic rings. The number of nitrogens with one attached hydrogen (secondary N) is 1. The third-order valence-corrected chi connectivity index (χ3v) is 4.92. The summed E-state index contributed by atoms with van der Waals surface area (Å²) in [4.78, 5) is 19.9. The molecule has 5 nitrogen and oxygen atoms in total. The number of aromatic nitrogens is 3. The van der Waals surface area contributed by atoms with Crippen molar-refractivity contribution < 1.29 is 4.79 Å². The fraction of sp³-hybridized carbons (Fsp3) is 0.533. The van der Waals surface area contributed by atoms with Crippen LogP contribution in [0.15, 0.2) is 23.8 Å². The third-order valence-electron chi connectivity index (χ3n) is 3.99. The van der Waals surface area contributed by atoms with Crippen molar-refractivity contribution >= 4 is 17.2 Å². The SMILES string of the molecule is O=C(CCCc1cccs1)N1CCCC(c2ncn[nH]2)C1. The van der Waals surface area contributed by atoms with E-state index in [0.29, 0.717) is 12.3 Å². The quantitative estimate of drug-likeness (QED) is 0.923. The van der Waals surface area contributed by atoms with Crippen molar-refractivity contribution in [3.8, 4) is 0 Å². The molecule has 0 radical (unpaired) electrons. The largest absolute Gasteiger partial charge is 0.342 e. The van der Waals surface area contributed by atoms with Crippen molar-refractivity contribution in [3.05, 3.63) is 34.5 Å². The van der Waals surface area contributed by atoms with E-state index >= 15 is 0 Å². The molecule has 1 amide bonds. The Bertz CT molecular complexity index is 552. The Morgan fingerprint density at radius 1 is 1.52 bits per heavy atom. The van der Waals surface area contributed by atoms with E-state index in [0.717, 1.165) is 44.6 Å². The monoisotopic (exact) mass is 304 g/mol. The minimum absolute atomic E-state index is 0.274. The first-order valence-electron chi connectivity index (χ1n) is 7.48. The van der Waals surface area contributed by atoms with Crippen molar-refractivity contribution in [1.82, 2.24) is 20.1 Å². The van der Waals surface area contributed by atoms with E-state index in [2.05, 4.69) is 32.7 Å². The summed E-state index contributed by atoms with van der Waals surface area (Å²) in [5.41, 5.74) is 0. The molecule has 1 atom stereocenters. The highest BCUT2D eigenvalue weighted by atomic mass is 32.1. The standard InChI is InChI=1S/C15H20N4OS/c20-14(7-1-5-13-6-3-9-21-13)19-8-2-4-12(10-19)15-16-11-17-18-15/h3,6,9,11-12H,1-2,4-5,7-8,10H2,(H,16,17,18). The highest BCUT2D eigenvalue weighted by Crippen LogP contribution is 2.24. The number of nitrogens with zero attached hydrogens (tertiary/aromatic N) is 3. The van der Waals surface area contributed by atoms with Crippen molar-refractivity contribution in [2.24, 2.45) is 0 Å². The van der Waals surface area contributed by atoms with Crippen LogP contribution < -0.4 is 0 Å². The summed E-state index contributed by atoms with van der Waals surface area (Å²) in [7, 11) is 0. The topological polar surface area (TPSA) is 61.9 Å². The maximum absolute atomic E-state index is 12.3. The zero-order valence-corrected chi connectivity index (χ0v) is 12.8. The average Bonchev–Trinajstić information content (AvgIpc) is 3.21. The van der Waals surface area contributed by atoms with Gasteiger partial charge in [0.1, 0.15) is 12.2 Å². The van der Waals surface area contributed by atoms with Gasteiger partial charge in [-0.1, -0.05) is 6.07 Å². The first kappa shape index (κ1) is 14.3. The average molecular weight is 304 g/mol. The molecule has 0 spiro atoms. The molecular formula is C15H20N4OS. The molecule has 2 aromatic heterocycles. The molecule has 0 aromatic carbocycles. The third kappa shape index (κ3) is 3.69. The molecule has 0 aliphatic carbocycles. The van der Waals surface area contributed by atoms with Gasteiger partial charge in [0.15, 0.2) is 0 Å². The van der Waals surface area contributed by atoms with Gasteiger partial charge < -0.3 is 4.90 Å². The Morgan fingerprint density at radius 3 is 3.24 bits per heavy atom. The van der Waals surface area contributed by atoms with Crippen molar-refractivity contribution in [3.63, 3.8) is 0 Å². The Kier molecular flexibility index (Phi) is 4.65. The van der Waals surface area contributed by atoms with Gasteiger partial charge >= 0.3 is 0 Å².